The zero-order valence-electron chi connectivity index (χ0n) is 11.3. The molecule has 0 saturated carbocycles. The van der Waals surface area contributed by atoms with Crippen LogP contribution in [0.1, 0.15) is 31.1 Å². The highest BCUT2D eigenvalue weighted by Gasteiger charge is 2.17. The molecule has 0 spiro atoms. The molecular formula is C13H15ClF2N2O2. The second-order valence-electron chi connectivity index (χ2n) is 5.23. The minimum absolute atomic E-state index is 0.224. The lowest BCUT2D eigenvalue weighted by Crippen LogP contribution is -2.45. The number of hydrogen-bond donors (Lipinski definition) is 2. The Kier molecular flexibility index (Phi) is 5.05. The summed E-state index contributed by atoms with van der Waals surface area (Å²) in [4.78, 5) is 23.2. The summed E-state index contributed by atoms with van der Waals surface area (Å²) in [5.74, 6) is -3.47. The first-order chi connectivity index (χ1) is 9.10. The first-order valence-electron chi connectivity index (χ1n) is 5.84. The van der Waals surface area contributed by atoms with E-state index < -0.39 is 29.0 Å². The topological polar surface area (TPSA) is 58.2 Å². The molecule has 20 heavy (non-hydrogen) atoms. The highest BCUT2D eigenvalue weighted by Crippen LogP contribution is 2.19. The fraction of sp³-hybridized carbons (Fsp3) is 0.385. The minimum atomic E-state index is -1.18. The van der Waals surface area contributed by atoms with Crippen LogP contribution in [-0.2, 0) is 4.79 Å². The number of carbonyl (C=O) groups excluding carboxylic acids is 2. The predicted octanol–water partition coefficient (Wildman–Crippen LogP) is 2.26. The largest absolute Gasteiger partial charge is 0.350 e. The molecule has 0 radical (unpaired) electrons. The normalized spacial score (nSPS) is 11.1. The van der Waals surface area contributed by atoms with Crippen molar-refractivity contribution in [2.45, 2.75) is 26.3 Å². The molecular weight excluding hydrogens is 290 g/mol. The van der Waals surface area contributed by atoms with Gasteiger partial charge in [0.15, 0.2) is 11.6 Å². The number of benzene rings is 1. The van der Waals surface area contributed by atoms with Gasteiger partial charge in [-0.2, -0.15) is 0 Å². The van der Waals surface area contributed by atoms with Crippen molar-refractivity contribution >= 4 is 23.4 Å². The van der Waals surface area contributed by atoms with Crippen LogP contribution in [0.4, 0.5) is 8.78 Å². The van der Waals surface area contributed by atoms with Gasteiger partial charge in [0.25, 0.3) is 5.91 Å². The number of halogens is 3. The first-order valence-corrected chi connectivity index (χ1v) is 6.21. The van der Waals surface area contributed by atoms with E-state index >= 15 is 0 Å². The number of hydrogen-bond acceptors (Lipinski definition) is 2. The van der Waals surface area contributed by atoms with Crippen molar-refractivity contribution in [2.75, 3.05) is 6.54 Å². The van der Waals surface area contributed by atoms with Crippen LogP contribution < -0.4 is 10.6 Å². The monoisotopic (exact) mass is 304 g/mol. The number of amides is 2. The van der Waals surface area contributed by atoms with Crippen molar-refractivity contribution in [1.29, 1.82) is 0 Å². The molecule has 0 atom stereocenters. The van der Waals surface area contributed by atoms with E-state index in [4.69, 9.17) is 11.6 Å². The molecule has 0 saturated heterocycles. The Hall–Kier alpha value is -1.69. The third-order valence-electron chi connectivity index (χ3n) is 2.18. The van der Waals surface area contributed by atoms with E-state index in [1.54, 1.807) is 20.8 Å². The molecule has 1 aromatic carbocycles. The molecule has 0 aromatic heterocycles. The second kappa shape index (κ2) is 6.17. The zero-order chi connectivity index (χ0) is 15.5. The molecule has 0 aliphatic carbocycles. The summed E-state index contributed by atoms with van der Waals surface area (Å²) in [6.07, 6.45) is 0. The third-order valence-corrected chi connectivity index (χ3v) is 2.49. The predicted molar refractivity (Wildman–Crippen MR) is 71.6 cm³/mol. The van der Waals surface area contributed by atoms with Crippen LogP contribution in [0.15, 0.2) is 12.1 Å². The van der Waals surface area contributed by atoms with Crippen molar-refractivity contribution in [3.05, 3.63) is 34.4 Å². The van der Waals surface area contributed by atoms with Gasteiger partial charge in [-0.25, -0.2) is 8.78 Å². The molecule has 2 amide bonds. The number of nitrogens with one attached hydrogen (secondary N) is 2. The van der Waals surface area contributed by atoms with E-state index in [0.717, 1.165) is 0 Å². The summed E-state index contributed by atoms with van der Waals surface area (Å²) in [6.45, 7) is 5.09. The Morgan fingerprint density at radius 3 is 2.30 bits per heavy atom. The summed E-state index contributed by atoms with van der Waals surface area (Å²) < 4.78 is 25.9. The zero-order valence-corrected chi connectivity index (χ0v) is 12.1. The van der Waals surface area contributed by atoms with E-state index in [1.807, 2.05) is 0 Å². The quantitative estimate of drug-likeness (QED) is 0.842. The van der Waals surface area contributed by atoms with Gasteiger partial charge in [-0.1, -0.05) is 11.6 Å². The Morgan fingerprint density at radius 1 is 1.20 bits per heavy atom. The van der Waals surface area contributed by atoms with Crippen LogP contribution in [0.25, 0.3) is 0 Å². The lowest BCUT2D eigenvalue weighted by molar-refractivity contribution is -0.121. The van der Waals surface area contributed by atoms with Gasteiger partial charge in [-0.15, -0.1) is 0 Å². The summed E-state index contributed by atoms with van der Waals surface area (Å²) in [7, 11) is 0. The molecule has 0 fully saturated rings. The van der Waals surface area contributed by atoms with Gasteiger partial charge in [-0.05, 0) is 32.9 Å². The van der Waals surface area contributed by atoms with Crippen molar-refractivity contribution < 1.29 is 18.4 Å². The number of rotatable bonds is 3. The molecule has 1 aromatic rings. The average molecular weight is 305 g/mol. The summed E-state index contributed by atoms with van der Waals surface area (Å²) in [5.41, 5.74) is -0.657. The van der Waals surface area contributed by atoms with Crippen LogP contribution in [0, 0.1) is 11.6 Å². The second-order valence-corrected chi connectivity index (χ2v) is 5.63. The van der Waals surface area contributed by atoms with Crippen molar-refractivity contribution in [3.63, 3.8) is 0 Å². The molecule has 0 unspecified atom stereocenters. The Labute approximate surface area is 120 Å². The van der Waals surface area contributed by atoms with Gasteiger partial charge in [0, 0.05) is 5.54 Å². The molecule has 2 N–H and O–H groups in total. The first kappa shape index (κ1) is 16.4. The highest BCUT2D eigenvalue weighted by atomic mass is 35.5. The molecule has 0 aliphatic heterocycles. The molecule has 7 heteroatoms. The maximum atomic E-state index is 13.0. The van der Waals surface area contributed by atoms with Crippen LogP contribution in [0.2, 0.25) is 5.02 Å². The van der Waals surface area contributed by atoms with Gasteiger partial charge in [0.1, 0.15) is 0 Å². The van der Waals surface area contributed by atoms with Gasteiger partial charge < -0.3 is 10.6 Å². The van der Waals surface area contributed by atoms with Gasteiger partial charge in [0.2, 0.25) is 5.91 Å². The summed E-state index contributed by atoms with van der Waals surface area (Å²) in [5, 5.41) is 4.70. The molecule has 1 rings (SSSR count). The Balaban J connectivity index is 2.69. The van der Waals surface area contributed by atoms with Crippen LogP contribution in [0.3, 0.4) is 0 Å². The van der Waals surface area contributed by atoms with Gasteiger partial charge in [-0.3, -0.25) is 9.59 Å². The van der Waals surface area contributed by atoms with Gasteiger partial charge >= 0.3 is 0 Å². The van der Waals surface area contributed by atoms with Crippen molar-refractivity contribution in [2.24, 2.45) is 0 Å². The van der Waals surface area contributed by atoms with E-state index in [0.29, 0.717) is 12.1 Å². The van der Waals surface area contributed by atoms with Crippen LogP contribution in [0.5, 0.6) is 0 Å². The standard InChI is InChI=1S/C13H15ClF2N2O2/c1-13(2,3)18-11(19)6-17-12(20)7-4-9(15)10(16)5-8(7)14/h4-5H,6H2,1-3H3,(H,17,20)(H,18,19). The SMILES string of the molecule is CC(C)(C)NC(=O)CNC(=O)c1cc(F)c(F)cc1Cl. The summed E-state index contributed by atoms with van der Waals surface area (Å²) in [6, 6.07) is 1.40. The van der Waals surface area contributed by atoms with Gasteiger partial charge in [0.05, 0.1) is 17.1 Å². The molecule has 4 nitrogen and oxygen atoms in total. The molecule has 0 heterocycles. The maximum Gasteiger partial charge on any atom is 0.253 e. The smallest absolute Gasteiger partial charge is 0.253 e. The fourth-order valence-corrected chi connectivity index (χ4v) is 1.65. The van der Waals surface area contributed by atoms with Crippen LogP contribution in [-0.4, -0.2) is 23.9 Å². The third kappa shape index (κ3) is 4.77. The average Bonchev–Trinajstić information content (AvgIpc) is 2.28. The Bertz CT molecular complexity index is 542. The molecule has 0 aliphatic rings. The Morgan fingerprint density at radius 2 is 1.75 bits per heavy atom. The van der Waals surface area contributed by atoms with E-state index in [9.17, 15) is 18.4 Å². The highest BCUT2D eigenvalue weighted by molar-refractivity contribution is 6.33. The maximum absolute atomic E-state index is 13.0. The van der Waals surface area contributed by atoms with E-state index in [-0.39, 0.29) is 17.1 Å². The summed E-state index contributed by atoms with van der Waals surface area (Å²) >= 11 is 5.65. The lowest BCUT2D eigenvalue weighted by Gasteiger charge is -2.20. The van der Waals surface area contributed by atoms with E-state index in [1.165, 1.54) is 0 Å². The number of carbonyl (C=O) groups is 2. The minimum Gasteiger partial charge on any atom is -0.350 e. The van der Waals surface area contributed by atoms with Crippen molar-refractivity contribution in [1.82, 2.24) is 10.6 Å². The van der Waals surface area contributed by atoms with Crippen LogP contribution >= 0.6 is 11.6 Å². The van der Waals surface area contributed by atoms with Crippen molar-refractivity contribution in [3.8, 4) is 0 Å². The van der Waals surface area contributed by atoms with E-state index in [2.05, 4.69) is 10.6 Å². The molecule has 110 valence electrons. The lowest BCUT2D eigenvalue weighted by atomic mass is 10.1. The fourth-order valence-electron chi connectivity index (χ4n) is 1.41. The molecule has 0 bridgehead atoms.